The normalized spacial score (nSPS) is 11.2. The second-order valence-corrected chi connectivity index (χ2v) is 6.18. The van der Waals surface area contributed by atoms with Crippen LogP contribution in [0.1, 0.15) is 11.3 Å². The first kappa shape index (κ1) is 16.8. The van der Waals surface area contributed by atoms with Gasteiger partial charge in [-0.3, -0.25) is 5.43 Å². The number of hydrazone groups is 1. The van der Waals surface area contributed by atoms with E-state index < -0.39 is 0 Å². The van der Waals surface area contributed by atoms with Crippen molar-refractivity contribution in [1.29, 1.82) is 0 Å². The molecule has 0 spiro atoms. The lowest BCUT2D eigenvalue weighted by molar-refractivity contribution is 0.863. The standard InChI is InChI=1S/C17H13Cl3N4/c1-11-12(10-21-22-15-8-4-2-6-13(15)18)17(20)24(23-11)16-9-5-3-7-14(16)19/h2-10,22H,1H3/b21-10+. The Hall–Kier alpha value is -2.01. The van der Waals surface area contributed by atoms with Gasteiger partial charge >= 0.3 is 0 Å². The smallest absolute Gasteiger partial charge is 0.142 e. The number of aromatic nitrogens is 2. The summed E-state index contributed by atoms with van der Waals surface area (Å²) in [7, 11) is 0. The highest BCUT2D eigenvalue weighted by Gasteiger charge is 2.14. The summed E-state index contributed by atoms with van der Waals surface area (Å²) >= 11 is 18.7. The number of aryl methyl sites for hydroxylation is 1. The molecular weight excluding hydrogens is 367 g/mol. The van der Waals surface area contributed by atoms with Gasteiger partial charge in [0.05, 0.1) is 38.9 Å². The van der Waals surface area contributed by atoms with E-state index in [1.54, 1.807) is 23.0 Å². The largest absolute Gasteiger partial charge is 0.277 e. The lowest BCUT2D eigenvalue weighted by Crippen LogP contribution is -1.97. The molecule has 0 amide bonds. The Bertz CT molecular complexity index is 903. The topological polar surface area (TPSA) is 42.2 Å². The Morgan fingerprint density at radius 3 is 2.38 bits per heavy atom. The summed E-state index contributed by atoms with van der Waals surface area (Å²) in [5, 5.41) is 10.2. The zero-order valence-electron chi connectivity index (χ0n) is 12.7. The van der Waals surface area contributed by atoms with E-state index in [0.717, 1.165) is 5.69 Å². The first-order chi connectivity index (χ1) is 11.6. The molecule has 1 heterocycles. The molecular formula is C17H13Cl3N4. The van der Waals surface area contributed by atoms with Crippen LogP contribution in [0, 0.1) is 6.92 Å². The van der Waals surface area contributed by atoms with E-state index in [-0.39, 0.29) is 0 Å². The highest BCUT2D eigenvalue weighted by Crippen LogP contribution is 2.27. The zero-order chi connectivity index (χ0) is 17.1. The number of anilines is 1. The molecule has 3 rings (SSSR count). The average molecular weight is 380 g/mol. The maximum Gasteiger partial charge on any atom is 0.142 e. The number of nitrogens with one attached hydrogen (secondary N) is 1. The maximum atomic E-state index is 6.45. The Kier molecular flexibility index (Phi) is 5.09. The molecule has 24 heavy (non-hydrogen) atoms. The second-order valence-electron chi connectivity index (χ2n) is 5.00. The average Bonchev–Trinajstić information content (AvgIpc) is 2.85. The molecule has 0 radical (unpaired) electrons. The molecule has 0 aliphatic heterocycles. The van der Waals surface area contributed by atoms with Crippen LogP contribution in [0.15, 0.2) is 53.6 Å². The fourth-order valence-electron chi connectivity index (χ4n) is 2.16. The molecule has 0 bridgehead atoms. The van der Waals surface area contributed by atoms with Crippen molar-refractivity contribution in [2.24, 2.45) is 5.10 Å². The summed E-state index contributed by atoms with van der Waals surface area (Å²) in [4.78, 5) is 0. The first-order valence-electron chi connectivity index (χ1n) is 7.11. The monoisotopic (exact) mass is 378 g/mol. The van der Waals surface area contributed by atoms with Crippen LogP contribution in [-0.4, -0.2) is 16.0 Å². The SMILES string of the molecule is Cc1nn(-c2ccccc2Cl)c(Cl)c1/C=N/Nc1ccccc1Cl. The number of nitrogens with zero attached hydrogens (tertiary/aromatic N) is 3. The van der Waals surface area contributed by atoms with Crippen molar-refractivity contribution in [2.75, 3.05) is 5.43 Å². The van der Waals surface area contributed by atoms with Crippen LogP contribution in [0.25, 0.3) is 5.69 Å². The second kappa shape index (κ2) is 7.26. The molecule has 0 atom stereocenters. The molecule has 4 nitrogen and oxygen atoms in total. The van der Waals surface area contributed by atoms with E-state index in [9.17, 15) is 0 Å². The number of hydrogen-bond acceptors (Lipinski definition) is 3. The predicted octanol–water partition coefficient (Wildman–Crippen LogP) is 5.59. The molecule has 0 saturated carbocycles. The molecule has 0 aliphatic carbocycles. The zero-order valence-corrected chi connectivity index (χ0v) is 14.9. The van der Waals surface area contributed by atoms with Crippen LogP contribution >= 0.6 is 34.8 Å². The molecule has 2 aromatic carbocycles. The van der Waals surface area contributed by atoms with Crippen LogP contribution in [0.3, 0.4) is 0 Å². The fourth-order valence-corrected chi connectivity index (χ4v) is 2.87. The molecule has 0 saturated heterocycles. The van der Waals surface area contributed by atoms with Gasteiger partial charge in [-0.05, 0) is 31.2 Å². The third-order valence-electron chi connectivity index (χ3n) is 3.38. The molecule has 0 unspecified atom stereocenters. The minimum atomic E-state index is 0.435. The van der Waals surface area contributed by atoms with Gasteiger partial charge in [-0.15, -0.1) is 0 Å². The van der Waals surface area contributed by atoms with Crippen LogP contribution in [0.2, 0.25) is 15.2 Å². The van der Waals surface area contributed by atoms with Gasteiger partial charge < -0.3 is 0 Å². The van der Waals surface area contributed by atoms with Crippen molar-refractivity contribution >= 4 is 46.7 Å². The lowest BCUT2D eigenvalue weighted by Gasteiger charge is -2.05. The van der Waals surface area contributed by atoms with Gasteiger partial charge in [-0.1, -0.05) is 59.1 Å². The van der Waals surface area contributed by atoms with Gasteiger partial charge in [-0.25, -0.2) is 4.68 Å². The van der Waals surface area contributed by atoms with Crippen LogP contribution in [0.5, 0.6) is 0 Å². The minimum absolute atomic E-state index is 0.435. The van der Waals surface area contributed by atoms with E-state index in [1.807, 2.05) is 43.3 Å². The van der Waals surface area contributed by atoms with Gasteiger partial charge in [0.1, 0.15) is 5.15 Å². The molecule has 1 N–H and O–H groups in total. The van der Waals surface area contributed by atoms with Crippen molar-refractivity contribution in [3.05, 3.63) is 75.0 Å². The Morgan fingerprint density at radius 1 is 1.00 bits per heavy atom. The summed E-state index contributed by atoms with van der Waals surface area (Å²) in [5.41, 5.74) is 5.76. The number of rotatable bonds is 4. The Morgan fingerprint density at radius 2 is 1.67 bits per heavy atom. The quantitative estimate of drug-likeness (QED) is 0.474. The first-order valence-corrected chi connectivity index (χ1v) is 8.25. The summed E-state index contributed by atoms with van der Waals surface area (Å²) in [6.07, 6.45) is 1.61. The number of para-hydroxylation sites is 2. The number of benzene rings is 2. The van der Waals surface area contributed by atoms with E-state index in [2.05, 4.69) is 15.6 Å². The highest BCUT2D eigenvalue weighted by molar-refractivity contribution is 6.34. The van der Waals surface area contributed by atoms with Crippen LogP contribution in [0.4, 0.5) is 5.69 Å². The van der Waals surface area contributed by atoms with Crippen LogP contribution in [-0.2, 0) is 0 Å². The minimum Gasteiger partial charge on any atom is -0.277 e. The molecule has 0 fully saturated rings. The van der Waals surface area contributed by atoms with Crippen molar-refractivity contribution in [3.63, 3.8) is 0 Å². The van der Waals surface area contributed by atoms with E-state index in [1.165, 1.54) is 0 Å². The van der Waals surface area contributed by atoms with Crippen molar-refractivity contribution < 1.29 is 0 Å². The molecule has 1 aromatic heterocycles. The summed E-state index contributed by atoms with van der Waals surface area (Å²) in [6.45, 7) is 1.86. The van der Waals surface area contributed by atoms with Crippen LogP contribution < -0.4 is 5.43 Å². The summed E-state index contributed by atoms with van der Waals surface area (Å²) < 4.78 is 1.59. The summed E-state index contributed by atoms with van der Waals surface area (Å²) in [5.74, 6) is 0. The fraction of sp³-hybridized carbons (Fsp3) is 0.0588. The third kappa shape index (κ3) is 3.41. The highest BCUT2D eigenvalue weighted by atomic mass is 35.5. The van der Waals surface area contributed by atoms with E-state index in [0.29, 0.717) is 32.1 Å². The van der Waals surface area contributed by atoms with E-state index >= 15 is 0 Å². The van der Waals surface area contributed by atoms with Crippen molar-refractivity contribution in [2.45, 2.75) is 6.92 Å². The van der Waals surface area contributed by atoms with Gasteiger partial charge in [0, 0.05) is 0 Å². The predicted molar refractivity (Wildman–Crippen MR) is 101 cm³/mol. The van der Waals surface area contributed by atoms with Crippen molar-refractivity contribution in [1.82, 2.24) is 9.78 Å². The van der Waals surface area contributed by atoms with Crippen molar-refractivity contribution in [3.8, 4) is 5.69 Å². The van der Waals surface area contributed by atoms with Gasteiger partial charge in [-0.2, -0.15) is 10.2 Å². The summed E-state index contributed by atoms with van der Waals surface area (Å²) in [6, 6.07) is 14.7. The molecule has 122 valence electrons. The molecule has 0 aliphatic rings. The van der Waals surface area contributed by atoms with Gasteiger partial charge in [0.15, 0.2) is 0 Å². The number of hydrogen-bond donors (Lipinski definition) is 1. The van der Waals surface area contributed by atoms with E-state index in [4.69, 9.17) is 34.8 Å². The molecule has 7 heteroatoms. The molecule has 3 aromatic rings. The van der Waals surface area contributed by atoms with Gasteiger partial charge in [0.2, 0.25) is 0 Å². The number of halogens is 3. The Labute approximate surface area is 154 Å². The third-order valence-corrected chi connectivity index (χ3v) is 4.39. The lowest BCUT2D eigenvalue weighted by atomic mass is 10.3. The Balaban J connectivity index is 1.89. The van der Waals surface area contributed by atoms with Gasteiger partial charge in [0.25, 0.3) is 0 Å². The maximum absolute atomic E-state index is 6.45.